The Kier molecular flexibility index (Phi) is 11.5. The van der Waals surface area contributed by atoms with Crippen LogP contribution in [0.4, 0.5) is 5.69 Å². The number of amides is 3. The largest absolute Gasteiger partial charge is 0.399 e. The minimum absolute atomic E-state index is 0.134. The van der Waals surface area contributed by atoms with Gasteiger partial charge in [0, 0.05) is 42.7 Å². The van der Waals surface area contributed by atoms with Crippen LogP contribution in [0.5, 0.6) is 0 Å². The molecular weight excluding hydrogens is 689 g/mol. The fourth-order valence-electron chi connectivity index (χ4n) is 8.22. The first kappa shape index (κ1) is 37.6. The number of nitrogens with two attached hydrogens (primary N) is 1. The molecule has 0 spiro atoms. The van der Waals surface area contributed by atoms with Gasteiger partial charge in [-0.3, -0.25) is 28.8 Å². The van der Waals surface area contributed by atoms with E-state index in [9.17, 15) is 19.2 Å². The molecule has 0 radical (unpaired) electrons. The molecule has 0 aliphatic carbocycles. The van der Waals surface area contributed by atoms with Crippen LogP contribution in [0.3, 0.4) is 0 Å². The van der Waals surface area contributed by atoms with E-state index in [1.54, 1.807) is 28.3 Å². The number of imide groups is 1. The third kappa shape index (κ3) is 8.37. The van der Waals surface area contributed by atoms with Crippen LogP contribution in [-0.4, -0.2) is 51.4 Å². The van der Waals surface area contributed by atoms with Crippen molar-refractivity contribution in [3.63, 3.8) is 0 Å². The highest BCUT2D eigenvalue weighted by atomic mass is 16.2. The number of imidazole rings is 1. The standard InChI is InChI=1S/C45H50N6O4/c1-30-15-20-35(46)28-38(30)43(53)47-29-34-19-18-32(36-12-6-7-13-37(34)36)17-16-31-23-26-50(27-24-31)25-8-4-3-5-10-33-11-9-14-39-42(33)49(2)45(55)51(39)40-21-22-41(52)48-44(40)54/h6-7,9,11-15,18-20,28,31,40H,3-5,8,10,21-27,29,46H2,1-2H3,(H,47,53)(H,48,52,54). The first-order valence-electron chi connectivity index (χ1n) is 19.6. The number of nitrogens with one attached hydrogen (secondary N) is 2. The molecule has 0 bridgehead atoms. The van der Waals surface area contributed by atoms with Crippen molar-refractivity contribution in [1.82, 2.24) is 24.7 Å². The topological polar surface area (TPSA) is 131 Å². The van der Waals surface area contributed by atoms with Gasteiger partial charge in [-0.05, 0) is 117 Å². The lowest BCUT2D eigenvalue weighted by molar-refractivity contribution is -0.135. The Morgan fingerprint density at radius 3 is 2.47 bits per heavy atom. The maximum Gasteiger partial charge on any atom is 0.329 e. The van der Waals surface area contributed by atoms with E-state index in [2.05, 4.69) is 57.7 Å². The van der Waals surface area contributed by atoms with Crippen LogP contribution in [0.15, 0.2) is 77.6 Å². The molecule has 7 rings (SSSR count). The van der Waals surface area contributed by atoms with Gasteiger partial charge in [0.1, 0.15) is 6.04 Å². The summed E-state index contributed by atoms with van der Waals surface area (Å²) in [5.74, 6) is 6.63. The molecular formula is C45H50N6O4. The monoisotopic (exact) mass is 738 g/mol. The van der Waals surface area contributed by atoms with Gasteiger partial charge in [0.2, 0.25) is 11.8 Å². The molecule has 0 saturated carbocycles. The van der Waals surface area contributed by atoms with Crippen LogP contribution in [0.1, 0.15) is 90.0 Å². The van der Waals surface area contributed by atoms with Gasteiger partial charge in [-0.15, -0.1) is 0 Å². The molecule has 2 aliphatic rings. The third-order valence-electron chi connectivity index (χ3n) is 11.3. The van der Waals surface area contributed by atoms with E-state index in [0.29, 0.717) is 30.1 Å². The highest BCUT2D eigenvalue weighted by Gasteiger charge is 2.31. The number of carbonyl (C=O) groups is 3. The van der Waals surface area contributed by atoms with Crippen LogP contribution in [-0.2, 0) is 29.6 Å². The van der Waals surface area contributed by atoms with E-state index < -0.39 is 11.9 Å². The van der Waals surface area contributed by atoms with Crippen molar-refractivity contribution in [3.8, 4) is 11.8 Å². The molecule has 2 aliphatic heterocycles. The number of benzene rings is 4. The summed E-state index contributed by atoms with van der Waals surface area (Å²) in [4.78, 5) is 53.0. The van der Waals surface area contributed by atoms with E-state index in [0.717, 1.165) is 109 Å². The Balaban J connectivity index is 0.867. The number of para-hydroxylation sites is 1. The van der Waals surface area contributed by atoms with E-state index in [4.69, 9.17) is 5.73 Å². The number of rotatable bonds is 11. The molecule has 55 heavy (non-hydrogen) atoms. The summed E-state index contributed by atoms with van der Waals surface area (Å²) in [5.41, 5.74) is 12.6. The highest BCUT2D eigenvalue weighted by molar-refractivity contribution is 6.00. The van der Waals surface area contributed by atoms with Crippen LogP contribution in [0, 0.1) is 24.7 Å². The zero-order chi connectivity index (χ0) is 38.5. The van der Waals surface area contributed by atoms with Crippen LogP contribution >= 0.6 is 0 Å². The highest BCUT2D eigenvalue weighted by Crippen LogP contribution is 2.27. The molecule has 2 saturated heterocycles. The van der Waals surface area contributed by atoms with E-state index in [1.165, 1.54) is 0 Å². The minimum Gasteiger partial charge on any atom is -0.399 e. The molecule has 5 aromatic rings. The first-order valence-corrected chi connectivity index (χ1v) is 19.6. The number of nitrogens with zero attached hydrogens (tertiary/aromatic N) is 3. The number of aromatic nitrogens is 2. The SMILES string of the molecule is Cc1ccc(N)cc1C(=O)NCc1ccc(C#CC2CCN(CCCCCCc3cccc4c3n(C)c(=O)n4C3CCC(=O)NC3=O)CC2)c2ccccc12. The Bertz CT molecular complexity index is 2370. The predicted octanol–water partition coefficient (Wildman–Crippen LogP) is 6.16. The number of hydrogen-bond donors (Lipinski definition) is 3. The second-order valence-corrected chi connectivity index (χ2v) is 15.1. The molecule has 10 heteroatoms. The van der Waals surface area contributed by atoms with E-state index in [1.807, 2.05) is 37.3 Å². The Hall–Kier alpha value is -5.66. The molecule has 1 unspecified atom stereocenters. The van der Waals surface area contributed by atoms with Gasteiger partial charge < -0.3 is 16.0 Å². The second kappa shape index (κ2) is 16.8. The van der Waals surface area contributed by atoms with Gasteiger partial charge in [0.05, 0.1) is 11.0 Å². The quantitative estimate of drug-likeness (QED) is 0.0645. The molecule has 284 valence electrons. The normalized spacial score (nSPS) is 16.6. The smallest absolute Gasteiger partial charge is 0.329 e. The molecule has 1 aromatic heterocycles. The van der Waals surface area contributed by atoms with Gasteiger partial charge >= 0.3 is 5.69 Å². The Labute approximate surface area is 322 Å². The maximum absolute atomic E-state index is 13.2. The fraction of sp³-hybridized carbons (Fsp3) is 0.378. The fourth-order valence-corrected chi connectivity index (χ4v) is 8.22. The molecule has 4 N–H and O–H groups in total. The molecule has 2 fully saturated rings. The summed E-state index contributed by atoms with van der Waals surface area (Å²) in [6.07, 6.45) is 8.02. The molecule has 4 aromatic carbocycles. The van der Waals surface area contributed by atoms with Crippen molar-refractivity contribution >= 4 is 45.2 Å². The number of carbonyl (C=O) groups excluding carboxylic acids is 3. The zero-order valence-corrected chi connectivity index (χ0v) is 31.8. The summed E-state index contributed by atoms with van der Waals surface area (Å²) in [6, 6.07) is 23.1. The van der Waals surface area contributed by atoms with E-state index >= 15 is 0 Å². The summed E-state index contributed by atoms with van der Waals surface area (Å²) < 4.78 is 3.21. The zero-order valence-electron chi connectivity index (χ0n) is 31.8. The molecule has 3 heterocycles. The molecule has 1 atom stereocenters. The molecule has 10 nitrogen and oxygen atoms in total. The van der Waals surface area contributed by atoms with Crippen molar-refractivity contribution < 1.29 is 14.4 Å². The number of hydrogen-bond acceptors (Lipinski definition) is 6. The van der Waals surface area contributed by atoms with Gasteiger partial charge in [0.15, 0.2) is 0 Å². The number of piperidine rings is 2. The maximum atomic E-state index is 13.2. The van der Waals surface area contributed by atoms with Crippen LogP contribution < -0.4 is 22.1 Å². The second-order valence-electron chi connectivity index (χ2n) is 15.1. The number of aryl methyl sites for hydroxylation is 3. The average molecular weight is 739 g/mol. The average Bonchev–Trinajstić information content (AvgIpc) is 3.44. The van der Waals surface area contributed by atoms with Gasteiger partial charge in [-0.1, -0.05) is 73.2 Å². The van der Waals surface area contributed by atoms with Crippen molar-refractivity contribution in [3.05, 3.63) is 111 Å². The van der Waals surface area contributed by atoms with Crippen LogP contribution in [0.2, 0.25) is 0 Å². The number of anilines is 1. The summed E-state index contributed by atoms with van der Waals surface area (Å²) in [6.45, 7) is 5.55. The van der Waals surface area contributed by atoms with Crippen molar-refractivity contribution in [1.29, 1.82) is 0 Å². The number of likely N-dealkylation sites (tertiary alicyclic amines) is 1. The van der Waals surface area contributed by atoms with Gasteiger partial charge in [0.25, 0.3) is 5.91 Å². The Morgan fingerprint density at radius 1 is 0.891 bits per heavy atom. The number of fused-ring (bicyclic) bond motifs is 2. The first-order chi connectivity index (χ1) is 26.7. The number of nitrogen functional groups attached to an aromatic ring is 1. The van der Waals surface area contributed by atoms with E-state index in [-0.39, 0.29) is 23.9 Å². The van der Waals surface area contributed by atoms with Gasteiger partial charge in [-0.25, -0.2) is 4.79 Å². The lowest BCUT2D eigenvalue weighted by Crippen LogP contribution is -2.44. The summed E-state index contributed by atoms with van der Waals surface area (Å²) in [5, 5.41) is 7.66. The van der Waals surface area contributed by atoms with Crippen molar-refractivity contribution in [2.45, 2.75) is 77.3 Å². The molecule has 3 amide bonds. The summed E-state index contributed by atoms with van der Waals surface area (Å²) >= 11 is 0. The van der Waals surface area contributed by atoms with Gasteiger partial charge in [-0.2, -0.15) is 0 Å². The van der Waals surface area contributed by atoms with Crippen LogP contribution in [0.25, 0.3) is 21.8 Å². The lowest BCUT2D eigenvalue weighted by atomic mass is 9.95. The third-order valence-corrected chi connectivity index (χ3v) is 11.3. The van der Waals surface area contributed by atoms with Crippen molar-refractivity contribution in [2.24, 2.45) is 13.0 Å². The minimum atomic E-state index is -0.668. The predicted molar refractivity (Wildman–Crippen MR) is 218 cm³/mol. The number of unbranched alkanes of at least 4 members (excludes halogenated alkanes) is 3. The van der Waals surface area contributed by atoms with Crippen molar-refractivity contribution in [2.75, 3.05) is 25.4 Å². The Morgan fingerprint density at radius 2 is 1.67 bits per heavy atom. The lowest BCUT2D eigenvalue weighted by Gasteiger charge is -2.29. The summed E-state index contributed by atoms with van der Waals surface area (Å²) in [7, 11) is 1.76.